The van der Waals surface area contributed by atoms with E-state index in [0.717, 1.165) is 18.9 Å². The van der Waals surface area contributed by atoms with E-state index in [1.165, 1.54) is 12.1 Å². The first kappa shape index (κ1) is 13.5. The number of benzene rings is 1. The van der Waals surface area contributed by atoms with E-state index in [-0.39, 0.29) is 17.4 Å². The van der Waals surface area contributed by atoms with Crippen LogP contribution >= 0.6 is 0 Å². The first-order valence-electron chi connectivity index (χ1n) is 6.02. The van der Waals surface area contributed by atoms with Crippen LogP contribution in [0.2, 0.25) is 0 Å². The van der Waals surface area contributed by atoms with Gasteiger partial charge in [0.05, 0.1) is 11.1 Å². The third kappa shape index (κ3) is 2.73. The van der Waals surface area contributed by atoms with Crippen molar-refractivity contribution >= 4 is 17.5 Å². The van der Waals surface area contributed by atoms with Crippen LogP contribution in [0.15, 0.2) is 18.2 Å². The molecule has 1 aliphatic carbocycles. The zero-order chi connectivity index (χ0) is 14.2. The summed E-state index contributed by atoms with van der Waals surface area (Å²) in [7, 11) is 0. The lowest BCUT2D eigenvalue weighted by Crippen LogP contribution is -2.50. The van der Waals surface area contributed by atoms with Gasteiger partial charge in [-0.05, 0) is 43.9 Å². The summed E-state index contributed by atoms with van der Waals surface area (Å²) in [6.45, 7) is 1.67. The van der Waals surface area contributed by atoms with Crippen LogP contribution in [0.5, 0.6) is 0 Å². The Morgan fingerprint density at radius 2 is 2.05 bits per heavy atom. The minimum Gasteiger partial charge on any atom is -0.366 e. The van der Waals surface area contributed by atoms with Gasteiger partial charge in [0.1, 0.15) is 5.82 Å². The Morgan fingerprint density at radius 1 is 1.42 bits per heavy atom. The molecule has 1 aliphatic rings. The van der Waals surface area contributed by atoms with Crippen molar-refractivity contribution in [3.05, 3.63) is 29.6 Å². The van der Waals surface area contributed by atoms with Gasteiger partial charge in [-0.25, -0.2) is 4.39 Å². The molecule has 6 heteroatoms. The summed E-state index contributed by atoms with van der Waals surface area (Å²) in [5.74, 6) is -1.78. The molecule has 5 nitrogen and oxygen atoms in total. The Labute approximate surface area is 110 Å². The SMILES string of the molecule is CC(N)(C(=O)Nc1ccc(F)c(C(N)=O)c1)C1CC1. The van der Waals surface area contributed by atoms with Crippen molar-refractivity contribution in [2.75, 3.05) is 5.32 Å². The molecule has 0 aliphatic heterocycles. The highest BCUT2D eigenvalue weighted by atomic mass is 19.1. The normalized spacial score (nSPS) is 17.6. The van der Waals surface area contributed by atoms with E-state index >= 15 is 0 Å². The van der Waals surface area contributed by atoms with E-state index in [1.54, 1.807) is 6.92 Å². The number of halogens is 1. The van der Waals surface area contributed by atoms with Gasteiger partial charge in [0.25, 0.3) is 5.91 Å². The Kier molecular flexibility index (Phi) is 3.28. The summed E-state index contributed by atoms with van der Waals surface area (Å²) in [6, 6.07) is 3.65. The highest BCUT2D eigenvalue weighted by molar-refractivity contribution is 6.00. The maximum absolute atomic E-state index is 13.3. The van der Waals surface area contributed by atoms with Crippen LogP contribution in [0.4, 0.5) is 10.1 Å². The maximum Gasteiger partial charge on any atom is 0.251 e. The van der Waals surface area contributed by atoms with Gasteiger partial charge >= 0.3 is 0 Å². The van der Waals surface area contributed by atoms with Gasteiger partial charge in [0.15, 0.2) is 0 Å². The number of nitrogens with two attached hydrogens (primary N) is 2. The molecule has 1 fully saturated rings. The fraction of sp³-hybridized carbons (Fsp3) is 0.385. The van der Waals surface area contributed by atoms with Gasteiger partial charge in [-0.2, -0.15) is 0 Å². The van der Waals surface area contributed by atoms with E-state index in [0.29, 0.717) is 5.69 Å². The average molecular weight is 265 g/mol. The molecule has 1 aromatic carbocycles. The van der Waals surface area contributed by atoms with Crippen LogP contribution in [0.1, 0.15) is 30.1 Å². The largest absolute Gasteiger partial charge is 0.366 e. The first-order valence-corrected chi connectivity index (χ1v) is 6.02. The summed E-state index contributed by atoms with van der Waals surface area (Å²) < 4.78 is 13.3. The van der Waals surface area contributed by atoms with Crippen molar-refractivity contribution in [2.45, 2.75) is 25.3 Å². The predicted octanol–water partition coefficient (Wildman–Crippen LogP) is 0.990. The van der Waals surface area contributed by atoms with Crippen LogP contribution in [0.25, 0.3) is 0 Å². The van der Waals surface area contributed by atoms with Crippen LogP contribution < -0.4 is 16.8 Å². The van der Waals surface area contributed by atoms with Gasteiger partial charge in [0, 0.05) is 5.69 Å². The van der Waals surface area contributed by atoms with Gasteiger partial charge < -0.3 is 16.8 Å². The quantitative estimate of drug-likeness (QED) is 0.757. The summed E-state index contributed by atoms with van der Waals surface area (Å²) in [6.07, 6.45) is 1.85. The Morgan fingerprint density at radius 3 is 2.58 bits per heavy atom. The number of primary amides is 1. The molecule has 2 amide bonds. The molecule has 1 atom stereocenters. The first-order chi connectivity index (χ1) is 8.82. The van der Waals surface area contributed by atoms with Gasteiger partial charge in [-0.3, -0.25) is 9.59 Å². The molecular weight excluding hydrogens is 249 g/mol. The lowest BCUT2D eigenvalue weighted by molar-refractivity contribution is -0.121. The molecule has 19 heavy (non-hydrogen) atoms. The second-order valence-corrected chi connectivity index (χ2v) is 5.07. The summed E-state index contributed by atoms with van der Waals surface area (Å²) in [4.78, 5) is 23.1. The highest BCUT2D eigenvalue weighted by Gasteiger charge is 2.44. The monoisotopic (exact) mass is 265 g/mol. The van der Waals surface area contributed by atoms with Crippen LogP contribution in [-0.2, 0) is 4.79 Å². The molecule has 102 valence electrons. The third-order valence-electron chi connectivity index (χ3n) is 3.40. The molecule has 2 rings (SSSR count). The topological polar surface area (TPSA) is 98.2 Å². The van der Waals surface area contributed by atoms with E-state index in [9.17, 15) is 14.0 Å². The number of rotatable bonds is 4. The zero-order valence-electron chi connectivity index (χ0n) is 10.6. The molecule has 1 unspecified atom stereocenters. The zero-order valence-corrected chi connectivity index (χ0v) is 10.6. The maximum atomic E-state index is 13.3. The molecule has 0 radical (unpaired) electrons. The average Bonchev–Trinajstić information content (AvgIpc) is 3.15. The fourth-order valence-corrected chi connectivity index (χ4v) is 1.93. The Hall–Kier alpha value is -1.95. The van der Waals surface area contributed by atoms with Crippen LogP contribution in [0.3, 0.4) is 0 Å². The lowest BCUT2D eigenvalue weighted by Gasteiger charge is -2.23. The van der Waals surface area contributed by atoms with Gasteiger partial charge in [0.2, 0.25) is 5.91 Å². The summed E-state index contributed by atoms with van der Waals surface area (Å²) in [5.41, 5.74) is 10.1. The van der Waals surface area contributed by atoms with Gasteiger partial charge in [-0.1, -0.05) is 0 Å². The van der Waals surface area contributed by atoms with E-state index in [2.05, 4.69) is 5.32 Å². The minimum absolute atomic E-state index is 0.170. The van der Waals surface area contributed by atoms with E-state index in [1.807, 2.05) is 0 Å². The van der Waals surface area contributed by atoms with E-state index < -0.39 is 17.3 Å². The molecule has 0 aromatic heterocycles. The van der Waals surface area contributed by atoms with Crippen LogP contribution in [-0.4, -0.2) is 17.4 Å². The van der Waals surface area contributed by atoms with Crippen molar-refractivity contribution in [3.63, 3.8) is 0 Å². The number of carbonyl (C=O) groups is 2. The molecule has 5 N–H and O–H groups in total. The molecular formula is C13H16FN3O2. The van der Waals surface area contributed by atoms with Crippen molar-refractivity contribution in [1.82, 2.24) is 0 Å². The van der Waals surface area contributed by atoms with Gasteiger partial charge in [-0.15, -0.1) is 0 Å². The standard InChI is InChI=1S/C13H16FN3O2/c1-13(16,7-2-3-7)12(19)17-8-4-5-10(14)9(6-8)11(15)18/h4-7H,2-3,16H2,1H3,(H2,15,18)(H,17,19). The van der Waals surface area contributed by atoms with E-state index in [4.69, 9.17) is 11.5 Å². The second kappa shape index (κ2) is 4.62. The number of hydrogen-bond acceptors (Lipinski definition) is 3. The second-order valence-electron chi connectivity index (χ2n) is 5.07. The molecule has 0 saturated heterocycles. The molecule has 1 saturated carbocycles. The predicted molar refractivity (Wildman–Crippen MR) is 68.9 cm³/mol. The van der Waals surface area contributed by atoms with Crippen molar-refractivity contribution in [3.8, 4) is 0 Å². The number of nitrogens with one attached hydrogen (secondary N) is 1. The Balaban J connectivity index is 2.17. The number of anilines is 1. The third-order valence-corrected chi connectivity index (χ3v) is 3.40. The van der Waals surface area contributed by atoms with Crippen molar-refractivity contribution in [2.24, 2.45) is 17.4 Å². The molecule has 0 heterocycles. The molecule has 0 spiro atoms. The Bertz CT molecular complexity index is 539. The highest BCUT2D eigenvalue weighted by Crippen LogP contribution is 2.38. The lowest BCUT2D eigenvalue weighted by atomic mass is 9.96. The number of amides is 2. The smallest absolute Gasteiger partial charge is 0.251 e. The minimum atomic E-state index is -0.957. The summed E-state index contributed by atoms with van der Waals surface area (Å²) >= 11 is 0. The fourth-order valence-electron chi connectivity index (χ4n) is 1.93. The summed E-state index contributed by atoms with van der Waals surface area (Å²) in [5, 5.41) is 2.59. The van der Waals surface area contributed by atoms with Crippen molar-refractivity contribution in [1.29, 1.82) is 0 Å². The number of carbonyl (C=O) groups excluding carboxylic acids is 2. The van der Waals surface area contributed by atoms with Crippen molar-refractivity contribution < 1.29 is 14.0 Å². The number of hydrogen-bond donors (Lipinski definition) is 3. The molecule has 0 bridgehead atoms. The van der Waals surface area contributed by atoms with Crippen LogP contribution in [0, 0.1) is 11.7 Å². The molecule has 1 aromatic rings.